The minimum absolute atomic E-state index is 0.208. The summed E-state index contributed by atoms with van der Waals surface area (Å²) in [6.45, 7) is 1.95. The van der Waals surface area contributed by atoms with E-state index in [0.717, 1.165) is 16.5 Å². The fourth-order valence-corrected chi connectivity index (χ4v) is 2.30. The van der Waals surface area contributed by atoms with Gasteiger partial charge in [-0.1, -0.05) is 54.1 Å². The molecule has 0 aliphatic rings. The third kappa shape index (κ3) is 3.20. The van der Waals surface area contributed by atoms with Gasteiger partial charge < -0.3 is 0 Å². The van der Waals surface area contributed by atoms with Gasteiger partial charge in [0.2, 0.25) is 0 Å². The highest BCUT2D eigenvalue weighted by Gasteiger charge is 2.03. The van der Waals surface area contributed by atoms with Crippen molar-refractivity contribution in [2.75, 3.05) is 0 Å². The van der Waals surface area contributed by atoms with Gasteiger partial charge >= 0.3 is 0 Å². The Hall–Kier alpha value is -2.94. The highest BCUT2D eigenvalue weighted by atomic mass is 16.2. The molecule has 0 unspecified atom stereocenters. The Bertz CT molecular complexity index is 853. The Morgan fingerprint density at radius 1 is 0.955 bits per heavy atom. The summed E-state index contributed by atoms with van der Waals surface area (Å²) < 4.78 is 0. The van der Waals surface area contributed by atoms with E-state index in [2.05, 4.69) is 22.7 Å². The fraction of sp³-hybridized carbons (Fsp3) is 0.0526. The van der Waals surface area contributed by atoms with Crippen molar-refractivity contribution in [2.45, 2.75) is 6.92 Å². The predicted molar refractivity (Wildman–Crippen MR) is 90.2 cm³/mol. The summed E-state index contributed by atoms with van der Waals surface area (Å²) in [5, 5.41) is 6.36. The van der Waals surface area contributed by atoms with Crippen molar-refractivity contribution in [1.82, 2.24) is 5.43 Å². The zero-order valence-electron chi connectivity index (χ0n) is 12.3. The average Bonchev–Trinajstić information content (AvgIpc) is 2.54. The molecular weight excluding hydrogens is 272 g/mol. The second-order valence-corrected chi connectivity index (χ2v) is 5.18. The van der Waals surface area contributed by atoms with Crippen LogP contribution in [-0.4, -0.2) is 12.1 Å². The Morgan fingerprint density at radius 2 is 1.77 bits per heavy atom. The monoisotopic (exact) mass is 288 g/mol. The number of nitrogens with zero attached hydrogens (tertiary/aromatic N) is 1. The first-order valence-electron chi connectivity index (χ1n) is 7.11. The van der Waals surface area contributed by atoms with E-state index in [1.165, 1.54) is 5.39 Å². The van der Waals surface area contributed by atoms with Crippen LogP contribution in [0, 0.1) is 6.92 Å². The van der Waals surface area contributed by atoms with Gasteiger partial charge in [-0.2, -0.15) is 5.10 Å². The molecule has 3 heteroatoms. The summed E-state index contributed by atoms with van der Waals surface area (Å²) in [7, 11) is 0. The minimum atomic E-state index is -0.208. The third-order valence-electron chi connectivity index (χ3n) is 3.43. The zero-order chi connectivity index (χ0) is 15.4. The number of hydrazone groups is 1. The zero-order valence-corrected chi connectivity index (χ0v) is 12.3. The number of nitrogens with one attached hydrogen (secondary N) is 1. The molecule has 0 saturated carbocycles. The van der Waals surface area contributed by atoms with Crippen molar-refractivity contribution in [3.05, 3.63) is 83.4 Å². The molecule has 1 N–H and O–H groups in total. The first kappa shape index (κ1) is 14.0. The Morgan fingerprint density at radius 3 is 2.59 bits per heavy atom. The van der Waals surface area contributed by atoms with E-state index in [1.807, 2.05) is 55.5 Å². The molecule has 108 valence electrons. The van der Waals surface area contributed by atoms with Gasteiger partial charge in [0.1, 0.15) is 0 Å². The van der Waals surface area contributed by atoms with Crippen LogP contribution in [-0.2, 0) is 0 Å². The van der Waals surface area contributed by atoms with Crippen molar-refractivity contribution in [3.63, 3.8) is 0 Å². The lowest BCUT2D eigenvalue weighted by molar-refractivity contribution is 0.0955. The molecule has 0 aliphatic heterocycles. The summed E-state index contributed by atoms with van der Waals surface area (Å²) in [4.78, 5) is 12.0. The van der Waals surface area contributed by atoms with Crippen molar-refractivity contribution in [1.29, 1.82) is 0 Å². The largest absolute Gasteiger partial charge is 0.271 e. The number of rotatable bonds is 3. The first-order chi connectivity index (χ1) is 10.7. The molecule has 0 aliphatic carbocycles. The van der Waals surface area contributed by atoms with Crippen LogP contribution in [0.5, 0.6) is 0 Å². The van der Waals surface area contributed by atoms with Crippen LogP contribution < -0.4 is 5.43 Å². The Balaban J connectivity index is 1.72. The topological polar surface area (TPSA) is 41.5 Å². The highest BCUT2D eigenvalue weighted by Crippen LogP contribution is 2.14. The Labute approximate surface area is 129 Å². The van der Waals surface area contributed by atoms with E-state index in [1.54, 1.807) is 12.3 Å². The Kier molecular flexibility index (Phi) is 3.97. The predicted octanol–water partition coefficient (Wildman–Crippen LogP) is 3.91. The van der Waals surface area contributed by atoms with Crippen LogP contribution in [0.25, 0.3) is 10.8 Å². The van der Waals surface area contributed by atoms with E-state index in [4.69, 9.17) is 0 Å². The molecule has 3 aromatic rings. The molecule has 0 heterocycles. The lowest BCUT2D eigenvalue weighted by atomic mass is 10.1. The first-order valence-corrected chi connectivity index (χ1v) is 7.11. The van der Waals surface area contributed by atoms with Crippen LogP contribution in [0.3, 0.4) is 0 Å². The van der Waals surface area contributed by atoms with Crippen LogP contribution in [0.2, 0.25) is 0 Å². The molecule has 3 nitrogen and oxygen atoms in total. The summed E-state index contributed by atoms with van der Waals surface area (Å²) >= 11 is 0. The number of amides is 1. The number of hydrogen-bond donors (Lipinski definition) is 1. The van der Waals surface area contributed by atoms with E-state index in [9.17, 15) is 4.79 Å². The van der Waals surface area contributed by atoms with Crippen molar-refractivity contribution < 1.29 is 4.79 Å². The molecule has 0 saturated heterocycles. The second-order valence-electron chi connectivity index (χ2n) is 5.18. The number of carbonyl (C=O) groups excluding carboxylic acids is 1. The molecule has 0 spiro atoms. The lowest BCUT2D eigenvalue weighted by Crippen LogP contribution is -2.17. The van der Waals surface area contributed by atoms with Gasteiger partial charge in [-0.25, -0.2) is 5.43 Å². The minimum Gasteiger partial charge on any atom is -0.267 e. The van der Waals surface area contributed by atoms with Crippen LogP contribution >= 0.6 is 0 Å². The standard InChI is InChI=1S/C19H16N2O/c1-14-5-4-8-18(11-14)19(22)21-20-13-15-9-10-16-6-2-3-7-17(16)12-15/h2-13H,1H3,(H,21,22)/b20-13-. The maximum Gasteiger partial charge on any atom is 0.271 e. The molecule has 0 bridgehead atoms. The molecule has 3 rings (SSSR count). The summed E-state index contributed by atoms with van der Waals surface area (Å²) in [6.07, 6.45) is 1.65. The van der Waals surface area contributed by atoms with Gasteiger partial charge in [-0.15, -0.1) is 0 Å². The van der Waals surface area contributed by atoms with Crippen LogP contribution in [0.4, 0.5) is 0 Å². The molecule has 0 aromatic heterocycles. The smallest absolute Gasteiger partial charge is 0.267 e. The van der Waals surface area contributed by atoms with Gasteiger partial charge in [-0.3, -0.25) is 4.79 Å². The van der Waals surface area contributed by atoms with E-state index >= 15 is 0 Å². The van der Waals surface area contributed by atoms with Crippen molar-refractivity contribution >= 4 is 22.9 Å². The summed E-state index contributed by atoms with van der Waals surface area (Å²) in [5.74, 6) is -0.208. The lowest BCUT2D eigenvalue weighted by Gasteiger charge is -2.01. The van der Waals surface area contributed by atoms with Gasteiger partial charge in [0, 0.05) is 5.56 Å². The maximum atomic E-state index is 12.0. The van der Waals surface area contributed by atoms with Crippen molar-refractivity contribution in [3.8, 4) is 0 Å². The molecule has 3 aromatic carbocycles. The number of carbonyl (C=O) groups is 1. The second kappa shape index (κ2) is 6.22. The molecule has 1 amide bonds. The number of hydrogen-bond acceptors (Lipinski definition) is 2. The van der Waals surface area contributed by atoms with E-state index in [0.29, 0.717) is 5.56 Å². The highest BCUT2D eigenvalue weighted by molar-refractivity contribution is 5.95. The van der Waals surface area contributed by atoms with E-state index in [-0.39, 0.29) is 5.91 Å². The maximum absolute atomic E-state index is 12.0. The van der Waals surface area contributed by atoms with Crippen LogP contribution in [0.15, 0.2) is 71.8 Å². The number of aryl methyl sites for hydroxylation is 1. The normalized spacial score (nSPS) is 11.0. The quantitative estimate of drug-likeness (QED) is 0.576. The van der Waals surface area contributed by atoms with Gasteiger partial charge in [0.25, 0.3) is 5.91 Å². The molecule has 0 atom stereocenters. The van der Waals surface area contributed by atoms with Crippen molar-refractivity contribution in [2.24, 2.45) is 5.10 Å². The van der Waals surface area contributed by atoms with Gasteiger partial charge in [-0.05, 0) is 41.5 Å². The van der Waals surface area contributed by atoms with Crippen LogP contribution in [0.1, 0.15) is 21.5 Å². The SMILES string of the molecule is Cc1cccc(C(=O)N/N=C\c2ccc3ccccc3c2)c1. The molecular formula is C19H16N2O. The van der Waals surface area contributed by atoms with E-state index < -0.39 is 0 Å². The van der Waals surface area contributed by atoms with Gasteiger partial charge in [0.15, 0.2) is 0 Å². The summed E-state index contributed by atoms with van der Waals surface area (Å²) in [6, 6.07) is 21.6. The number of benzene rings is 3. The summed E-state index contributed by atoms with van der Waals surface area (Å²) in [5.41, 5.74) is 5.16. The third-order valence-corrected chi connectivity index (χ3v) is 3.43. The number of fused-ring (bicyclic) bond motifs is 1. The molecule has 0 radical (unpaired) electrons. The average molecular weight is 288 g/mol. The fourth-order valence-electron chi connectivity index (χ4n) is 2.30. The molecule has 0 fully saturated rings. The van der Waals surface area contributed by atoms with Gasteiger partial charge in [0.05, 0.1) is 6.21 Å². The molecule has 22 heavy (non-hydrogen) atoms.